The van der Waals surface area contributed by atoms with E-state index in [-0.39, 0.29) is 5.60 Å². The molecule has 1 heterocycles. The normalized spacial score (nSPS) is 27.4. The number of hydrogen-bond acceptors (Lipinski definition) is 1. The molecule has 1 aliphatic rings. The molecule has 1 aliphatic heterocycles. The van der Waals surface area contributed by atoms with Gasteiger partial charge < -0.3 is 9.22 Å². The Labute approximate surface area is 75.1 Å². The molecule has 1 fully saturated rings. The highest BCUT2D eigenvalue weighted by Gasteiger charge is 2.50. The van der Waals surface area contributed by atoms with Gasteiger partial charge in [0.2, 0.25) is 0 Å². The number of likely N-dealkylation sites (N-methyl/N-ethyl adjacent to an activating group) is 1. The third-order valence-corrected chi connectivity index (χ3v) is 2.76. The van der Waals surface area contributed by atoms with E-state index in [0.717, 1.165) is 17.6 Å². The second kappa shape index (κ2) is 2.76. The Morgan fingerprint density at radius 2 is 2.17 bits per heavy atom. The summed E-state index contributed by atoms with van der Waals surface area (Å²) < 4.78 is 6.34. The maximum atomic E-state index is 5.48. The molecule has 0 aromatic heterocycles. The smallest absolute Gasteiger partial charge is 0.142 e. The Kier molecular flexibility index (Phi) is 2.20. The van der Waals surface area contributed by atoms with Crippen molar-refractivity contribution in [3.63, 3.8) is 0 Å². The second-order valence-electron chi connectivity index (χ2n) is 4.57. The van der Waals surface area contributed by atoms with Crippen molar-refractivity contribution < 1.29 is 9.22 Å². The lowest BCUT2D eigenvalue weighted by molar-refractivity contribution is -0.926. The van der Waals surface area contributed by atoms with Crippen LogP contribution >= 0.6 is 0 Å². The average Bonchev–Trinajstić information content (AvgIpc) is 1.84. The molecule has 0 bridgehead atoms. The molecule has 2 heteroatoms. The van der Waals surface area contributed by atoms with Crippen molar-refractivity contribution in [2.75, 3.05) is 27.2 Å². The van der Waals surface area contributed by atoms with Crippen molar-refractivity contribution in [3.05, 3.63) is 0 Å². The first-order valence-corrected chi connectivity index (χ1v) is 4.30. The zero-order chi connectivity index (χ0) is 9.41. The summed E-state index contributed by atoms with van der Waals surface area (Å²) in [5, 5.41) is 0. The Bertz CT molecular complexity index is 212. The molecule has 0 aromatic rings. The summed E-state index contributed by atoms with van der Waals surface area (Å²) in [5.74, 6) is 2.71. The highest BCUT2D eigenvalue weighted by atomic mass is 16.5. The minimum absolute atomic E-state index is 0.000347. The molecule has 68 valence electrons. The van der Waals surface area contributed by atoms with E-state index in [1.807, 2.05) is 0 Å². The molecule has 12 heavy (non-hydrogen) atoms. The summed E-state index contributed by atoms with van der Waals surface area (Å²) in [6.07, 6.45) is 5.31. The summed E-state index contributed by atoms with van der Waals surface area (Å²) in [6, 6.07) is 0.536. The number of rotatable bonds is 2. The van der Waals surface area contributed by atoms with Crippen LogP contribution in [0.2, 0.25) is 0 Å². The van der Waals surface area contributed by atoms with Gasteiger partial charge in [0.1, 0.15) is 24.8 Å². The van der Waals surface area contributed by atoms with E-state index in [2.05, 4.69) is 33.9 Å². The molecule has 1 saturated heterocycles. The molecule has 0 aromatic carbocycles. The Balaban J connectivity index is 2.65. The molecule has 0 amide bonds. The van der Waals surface area contributed by atoms with Crippen molar-refractivity contribution in [1.82, 2.24) is 0 Å². The molecule has 0 spiro atoms. The number of nitrogens with zero attached hydrogens (tertiary/aromatic N) is 1. The molecular formula is C10H18NO+. The van der Waals surface area contributed by atoms with E-state index in [4.69, 9.17) is 11.2 Å². The Morgan fingerprint density at radius 1 is 1.58 bits per heavy atom. The van der Waals surface area contributed by atoms with Gasteiger partial charge in [0.05, 0.1) is 14.1 Å². The van der Waals surface area contributed by atoms with Crippen molar-refractivity contribution in [1.29, 1.82) is 0 Å². The summed E-state index contributed by atoms with van der Waals surface area (Å²) in [7, 11) is 4.32. The number of hydrogen-bond donors (Lipinski definition) is 0. The lowest BCUT2D eigenvalue weighted by Gasteiger charge is -2.51. The predicted octanol–water partition coefficient (Wildman–Crippen LogP) is 0.873. The monoisotopic (exact) mass is 168 g/mol. The van der Waals surface area contributed by atoms with E-state index in [1.54, 1.807) is 0 Å². The fourth-order valence-electron chi connectivity index (χ4n) is 1.88. The highest BCUT2D eigenvalue weighted by Crippen LogP contribution is 2.32. The molecule has 1 unspecified atom stereocenters. The third kappa shape index (κ3) is 1.48. The van der Waals surface area contributed by atoms with E-state index in [1.165, 1.54) is 0 Å². The largest absolute Gasteiger partial charge is 0.363 e. The molecule has 0 aliphatic carbocycles. The quantitative estimate of drug-likeness (QED) is 0.439. The third-order valence-electron chi connectivity index (χ3n) is 2.76. The van der Waals surface area contributed by atoms with Crippen molar-refractivity contribution in [2.45, 2.75) is 25.5 Å². The van der Waals surface area contributed by atoms with E-state index < -0.39 is 0 Å². The summed E-state index contributed by atoms with van der Waals surface area (Å²) in [4.78, 5) is 0. The van der Waals surface area contributed by atoms with Crippen LogP contribution in [0.15, 0.2) is 0 Å². The molecular weight excluding hydrogens is 150 g/mol. The van der Waals surface area contributed by atoms with Crippen LogP contribution in [0.25, 0.3) is 0 Å². The molecule has 0 radical (unpaired) electrons. The zero-order valence-corrected chi connectivity index (χ0v) is 8.42. The summed E-state index contributed by atoms with van der Waals surface area (Å²) >= 11 is 0. The van der Waals surface area contributed by atoms with Crippen LogP contribution in [0.3, 0.4) is 0 Å². The minimum Gasteiger partial charge on any atom is -0.363 e. The van der Waals surface area contributed by atoms with Gasteiger partial charge >= 0.3 is 0 Å². The Morgan fingerprint density at radius 3 is 2.42 bits per heavy atom. The van der Waals surface area contributed by atoms with E-state index >= 15 is 0 Å². The van der Waals surface area contributed by atoms with Crippen LogP contribution in [0, 0.1) is 12.3 Å². The molecule has 2 nitrogen and oxygen atoms in total. The van der Waals surface area contributed by atoms with Gasteiger partial charge in [0, 0.05) is 0 Å². The van der Waals surface area contributed by atoms with Gasteiger partial charge in [-0.15, -0.1) is 6.42 Å². The van der Waals surface area contributed by atoms with Crippen LogP contribution in [0.5, 0.6) is 0 Å². The molecule has 1 rings (SSSR count). The van der Waals surface area contributed by atoms with Crippen molar-refractivity contribution in [2.24, 2.45) is 0 Å². The second-order valence-corrected chi connectivity index (χ2v) is 4.57. The number of ether oxygens (including phenoxy) is 1. The summed E-state index contributed by atoms with van der Waals surface area (Å²) in [5.41, 5.74) is 0.000347. The van der Waals surface area contributed by atoms with E-state index in [0.29, 0.717) is 6.04 Å². The van der Waals surface area contributed by atoms with Gasteiger partial charge in [-0.2, -0.15) is 0 Å². The van der Waals surface area contributed by atoms with Crippen LogP contribution < -0.4 is 0 Å². The lowest BCUT2D eigenvalue weighted by atomic mass is 9.90. The number of terminal acetylenes is 1. The maximum absolute atomic E-state index is 5.48. The minimum atomic E-state index is 0.000347. The first-order chi connectivity index (χ1) is 5.40. The van der Waals surface area contributed by atoms with Gasteiger partial charge in [0.15, 0.2) is 0 Å². The lowest BCUT2D eigenvalue weighted by Crippen LogP contribution is -2.68. The van der Waals surface area contributed by atoms with Gasteiger partial charge in [-0.1, -0.05) is 0 Å². The van der Waals surface area contributed by atoms with Crippen LogP contribution in [-0.4, -0.2) is 43.4 Å². The van der Waals surface area contributed by atoms with Crippen molar-refractivity contribution in [3.8, 4) is 12.3 Å². The fourth-order valence-corrected chi connectivity index (χ4v) is 1.88. The van der Waals surface area contributed by atoms with Gasteiger partial charge in [-0.05, 0) is 19.8 Å². The van der Waals surface area contributed by atoms with Crippen LogP contribution in [0.4, 0.5) is 0 Å². The fraction of sp³-hybridized carbons (Fsp3) is 0.800. The van der Waals surface area contributed by atoms with Crippen LogP contribution in [-0.2, 0) is 4.74 Å². The maximum Gasteiger partial charge on any atom is 0.142 e. The average molecular weight is 168 g/mol. The SMILES string of the molecule is C#CC[N+](C)(C)C1COC1(C)C. The first kappa shape index (κ1) is 9.57. The summed E-state index contributed by atoms with van der Waals surface area (Å²) in [6.45, 7) is 5.86. The molecule has 1 atom stereocenters. The van der Waals surface area contributed by atoms with Gasteiger partial charge in [-0.3, -0.25) is 0 Å². The topological polar surface area (TPSA) is 9.23 Å². The van der Waals surface area contributed by atoms with E-state index in [9.17, 15) is 0 Å². The van der Waals surface area contributed by atoms with Crippen molar-refractivity contribution >= 4 is 0 Å². The standard InChI is InChI=1S/C10H18NO/c1-6-7-11(4,5)9-8-12-10(9,2)3/h1,9H,7-8H2,2-5H3/q+1. The zero-order valence-electron chi connectivity index (χ0n) is 8.42. The molecule has 0 saturated carbocycles. The first-order valence-electron chi connectivity index (χ1n) is 4.30. The Hall–Kier alpha value is -0.520. The predicted molar refractivity (Wildman–Crippen MR) is 49.6 cm³/mol. The number of quaternary nitrogens is 1. The van der Waals surface area contributed by atoms with Crippen LogP contribution in [0.1, 0.15) is 13.8 Å². The highest BCUT2D eigenvalue weighted by molar-refractivity contribution is 4.92. The van der Waals surface area contributed by atoms with Gasteiger partial charge in [-0.25, -0.2) is 0 Å². The van der Waals surface area contributed by atoms with Gasteiger partial charge in [0.25, 0.3) is 0 Å². The molecule has 0 N–H and O–H groups in total.